The number of hydrogen-bond acceptors (Lipinski definition) is 4. The van der Waals surface area contributed by atoms with E-state index in [4.69, 9.17) is 4.89 Å². The molecule has 0 aliphatic heterocycles. The molecule has 0 radical (unpaired) electrons. The minimum absolute atomic E-state index is 0.283. The van der Waals surface area contributed by atoms with Crippen LogP contribution in [0.25, 0.3) is 0 Å². The molecule has 0 aliphatic carbocycles. The lowest BCUT2D eigenvalue weighted by Gasteiger charge is -2.32. The summed E-state index contributed by atoms with van der Waals surface area (Å²) in [6.07, 6.45) is 0. The number of ketones is 1. The third kappa shape index (κ3) is 2.59. The van der Waals surface area contributed by atoms with E-state index in [0.717, 1.165) is 0 Å². The zero-order valence-electron chi connectivity index (χ0n) is 7.58. The molecule has 14 heavy (non-hydrogen) atoms. The zero-order chi connectivity index (χ0) is 10.8. The zero-order valence-corrected chi connectivity index (χ0v) is 8.48. The second kappa shape index (κ2) is 4.15. The number of carbonyl (C=O) groups excluding carboxylic acids is 1. The van der Waals surface area contributed by atoms with Gasteiger partial charge >= 0.3 is 0 Å². The fourth-order valence-electron chi connectivity index (χ4n) is 0.992. The Morgan fingerprint density at radius 2 is 1.86 bits per heavy atom. The summed E-state index contributed by atoms with van der Waals surface area (Å²) in [6, 6.07) is 8.00. The summed E-state index contributed by atoms with van der Waals surface area (Å²) in [6.45, 7) is 1.17. The summed E-state index contributed by atoms with van der Waals surface area (Å²) in [5.41, 5.74) is -1.10. The summed E-state index contributed by atoms with van der Waals surface area (Å²) < 4.78 is 0. The Morgan fingerprint density at radius 3 is 2.29 bits per heavy atom. The SMILES string of the molecule is CC(C(=O)c1ccccc1)[P+]([O-])([O-])O. The minimum atomic E-state index is -4.58. The number of Topliss-reactive ketones (excluding diaryl/α,β-unsaturated/α-hetero) is 1. The Morgan fingerprint density at radius 1 is 1.36 bits per heavy atom. The first-order chi connectivity index (χ1) is 6.43. The number of benzene rings is 1. The molecule has 1 rings (SSSR count). The fraction of sp³-hybridized carbons (Fsp3) is 0.222. The van der Waals surface area contributed by atoms with Crippen LogP contribution in [-0.2, 0) is 0 Å². The van der Waals surface area contributed by atoms with Gasteiger partial charge in [-0.05, 0) is 6.92 Å². The van der Waals surface area contributed by atoms with Crippen LogP contribution in [0.5, 0.6) is 0 Å². The van der Waals surface area contributed by atoms with Crippen molar-refractivity contribution in [3.63, 3.8) is 0 Å². The van der Waals surface area contributed by atoms with Crippen molar-refractivity contribution >= 4 is 13.7 Å². The number of carbonyl (C=O) groups is 1. The Kier molecular flexibility index (Phi) is 3.34. The molecule has 0 heterocycles. The standard InChI is InChI=1S/C9H11O4P/c1-7(14(11,12)13)9(10)8-5-3-2-4-6-8/h2-7H,1H3,(H2,11,12,13)/p-1. The van der Waals surface area contributed by atoms with Crippen LogP contribution in [0.1, 0.15) is 17.3 Å². The van der Waals surface area contributed by atoms with Crippen LogP contribution in [0.15, 0.2) is 30.3 Å². The normalized spacial score (nSPS) is 13.7. The molecule has 5 heteroatoms. The molecule has 0 fully saturated rings. The highest BCUT2D eigenvalue weighted by atomic mass is 31.2. The van der Waals surface area contributed by atoms with Crippen LogP contribution in [0.4, 0.5) is 0 Å². The van der Waals surface area contributed by atoms with Crippen molar-refractivity contribution < 1.29 is 19.5 Å². The van der Waals surface area contributed by atoms with Crippen molar-refractivity contribution in [3.05, 3.63) is 35.9 Å². The molecule has 0 aliphatic rings. The van der Waals surface area contributed by atoms with Gasteiger partial charge in [0.1, 0.15) is 5.66 Å². The molecular weight excluding hydrogens is 203 g/mol. The molecule has 0 spiro atoms. The van der Waals surface area contributed by atoms with Gasteiger partial charge in [0.25, 0.3) is 0 Å². The number of rotatable bonds is 3. The Balaban J connectivity index is 2.87. The van der Waals surface area contributed by atoms with Gasteiger partial charge in [-0.15, -0.1) is 0 Å². The van der Waals surface area contributed by atoms with Gasteiger partial charge < -0.3 is 9.79 Å². The van der Waals surface area contributed by atoms with Gasteiger partial charge in [-0.25, -0.2) is 0 Å². The summed E-state index contributed by atoms with van der Waals surface area (Å²) in [7, 11) is -4.58. The molecule has 0 amide bonds. The van der Waals surface area contributed by atoms with E-state index in [0.29, 0.717) is 0 Å². The van der Waals surface area contributed by atoms with Crippen LogP contribution in [0, 0.1) is 0 Å². The van der Waals surface area contributed by atoms with E-state index in [-0.39, 0.29) is 5.56 Å². The largest absolute Gasteiger partial charge is 0.659 e. The third-order valence-corrected chi connectivity index (χ3v) is 3.14. The smallest absolute Gasteiger partial charge is 0.204 e. The van der Waals surface area contributed by atoms with E-state index in [1.54, 1.807) is 18.2 Å². The second-order valence-electron chi connectivity index (χ2n) is 2.97. The topological polar surface area (TPSA) is 83.4 Å². The third-order valence-electron chi connectivity index (χ3n) is 1.93. The molecule has 0 saturated carbocycles. The maximum Gasteiger partial charge on any atom is 0.204 e. The highest BCUT2D eigenvalue weighted by Gasteiger charge is 2.28. The molecule has 0 bridgehead atoms. The van der Waals surface area contributed by atoms with Crippen molar-refractivity contribution in [1.29, 1.82) is 0 Å². The molecule has 1 aromatic carbocycles. The molecular formula is C9H10O4P-. The predicted octanol–water partition coefficient (Wildman–Crippen LogP) is -0.267. The van der Waals surface area contributed by atoms with Crippen LogP contribution < -0.4 is 9.79 Å². The van der Waals surface area contributed by atoms with Crippen molar-refractivity contribution in [2.24, 2.45) is 0 Å². The maximum absolute atomic E-state index is 11.5. The maximum atomic E-state index is 11.5. The van der Waals surface area contributed by atoms with Crippen LogP contribution in [0.2, 0.25) is 0 Å². The predicted molar refractivity (Wildman–Crippen MR) is 49.4 cm³/mol. The van der Waals surface area contributed by atoms with Gasteiger partial charge in [0.05, 0.1) is 7.94 Å². The molecule has 0 saturated heterocycles. The molecule has 0 aromatic heterocycles. The monoisotopic (exact) mass is 213 g/mol. The van der Waals surface area contributed by atoms with Crippen LogP contribution >= 0.6 is 7.94 Å². The van der Waals surface area contributed by atoms with Gasteiger partial charge in [-0.1, -0.05) is 30.3 Å². The van der Waals surface area contributed by atoms with E-state index in [2.05, 4.69) is 0 Å². The highest BCUT2D eigenvalue weighted by Crippen LogP contribution is 2.41. The molecule has 4 nitrogen and oxygen atoms in total. The Hall–Kier alpha value is -0.800. The summed E-state index contributed by atoms with van der Waals surface area (Å²) in [5, 5.41) is 0. The number of hydrogen-bond donors (Lipinski definition) is 1. The van der Waals surface area contributed by atoms with E-state index < -0.39 is 19.4 Å². The molecule has 1 aromatic rings. The molecule has 1 atom stereocenters. The quantitative estimate of drug-likeness (QED) is 0.553. The van der Waals surface area contributed by atoms with E-state index >= 15 is 0 Å². The molecule has 1 N–H and O–H groups in total. The van der Waals surface area contributed by atoms with E-state index in [1.165, 1.54) is 19.1 Å². The van der Waals surface area contributed by atoms with Crippen molar-refractivity contribution in [1.82, 2.24) is 0 Å². The molecule has 1 unspecified atom stereocenters. The van der Waals surface area contributed by atoms with E-state index in [9.17, 15) is 14.6 Å². The average Bonchev–Trinajstić information content (AvgIpc) is 2.15. The van der Waals surface area contributed by atoms with Crippen molar-refractivity contribution in [2.45, 2.75) is 12.6 Å². The first-order valence-corrected chi connectivity index (χ1v) is 5.70. The van der Waals surface area contributed by atoms with Gasteiger partial charge in [0.2, 0.25) is 5.78 Å². The summed E-state index contributed by atoms with van der Waals surface area (Å²) >= 11 is 0. The first-order valence-electron chi connectivity index (χ1n) is 4.05. The lowest BCUT2D eigenvalue weighted by Crippen LogP contribution is -2.35. The first kappa shape index (κ1) is 11.3. The molecule has 76 valence electrons. The van der Waals surface area contributed by atoms with Crippen LogP contribution in [0.3, 0.4) is 0 Å². The second-order valence-corrected chi connectivity index (χ2v) is 4.87. The Bertz CT molecular complexity index is 317. The van der Waals surface area contributed by atoms with E-state index in [1.807, 2.05) is 0 Å². The van der Waals surface area contributed by atoms with Gasteiger partial charge in [0, 0.05) is 5.56 Å². The summed E-state index contributed by atoms with van der Waals surface area (Å²) in [4.78, 5) is 41.6. The Labute approximate surface area is 82.4 Å². The van der Waals surface area contributed by atoms with Crippen molar-refractivity contribution in [3.8, 4) is 0 Å². The fourth-order valence-corrected chi connectivity index (χ4v) is 1.44. The average molecular weight is 213 g/mol. The lowest BCUT2D eigenvalue weighted by atomic mass is 10.1. The summed E-state index contributed by atoms with van der Waals surface area (Å²) in [5.74, 6) is -0.591. The highest BCUT2D eigenvalue weighted by molar-refractivity contribution is 7.57. The lowest BCUT2D eigenvalue weighted by molar-refractivity contribution is -0.332. The van der Waals surface area contributed by atoms with Crippen molar-refractivity contribution in [2.75, 3.05) is 0 Å². The van der Waals surface area contributed by atoms with Crippen LogP contribution in [-0.4, -0.2) is 16.3 Å². The van der Waals surface area contributed by atoms with Gasteiger partial charge in [0.15, 0.2) is 0 Å². The van der Waals surface area contributed by atoms with Gasteiger partial charge in [-0.2, -0.15) is 0 Å². The minimum Gasteiger partial charge on any atom is -0.659 e. The van der Waals surface area contributed by atoms with Gasteiger partial charge in [-0.3, -0.25) is 9.69 Å².